The van der Waals surface area contributed by atoms with Crippen molar-refractivity contribution in [3.8, 4) is 16.9 Å². The molecular weight excluding hydrogens is 554 g/mol. The van der Waals surface area contributed by atoms with Crippen molar-refractivity contribution >= 4 is 61.1 Å². The Kier molecular flexibility index (Phi) is 5.22. The van der Waals surface area contributed by atoms with Crippen LogP contribution in [0.5, 0.6) is 5.75 Å². The zero-order chi connectivity index (χ0) is 20.9. The Hall–Kier alpha value is -1.88. The van der Waals surface area contributed by atoms with Gasteiger partial charge in [0.25, 0.3) is 5.91 Å². The lowest BCUT2D eigenvalue weighted by molar-refractivity contribution is 0.0935. The molecule has 6 nitrogen and oxygen atoms in total. The van der Waals surface area contributed by atoms with Crippen LogP contribution in [0, 0.1) is 3.70 Å². The van der Waals surface area contributed by atoms with Crippen LogP contribution >= 0.6 is 38.5 Å². The van der Waals surface area contributed by atoms with E-state index in [1.807, 2.05) is 17.7 Å². The van der Waals surface area contributed by atoms with E-state index in [1.54, 1.807) is 18.3 Å². The Bertz CT molecular complexity index is 1140. The van der Waals surface area contributed by atoms with Crippen LogP contribution in [-0.4, -0.2) is 34.8 Å². The molecule has 0 unspecified atom stereocenters. The average Bonchev–Trinajstić information content (AvgIpc) is 3.39. The SMILES string of the molecule is COc1cc(-c2c(I)n(C)c3c(Br)cnc(N)c23)ccc1C(=O)NCC1(F)CC1. The summed E-state index contributed by atoms with van der Waals surface area (Å²) in [5.41, 5.74) is 8.02. The van der Waals surface area contributed by atoms with Crippen LogP contribution in [0.4, 0.5) is 10.2 Å². The number of aryl methyl sites for hydroxylation is 1. The number of nitrogens with zero attached hydrogens (tertiary/aromatic N) is 2. The van der Waals surface area contributed by atoms with Crippen LogP contribution in [0.15, 0.2) is 28.9 Å². The fourth-order valence-corrected chi connectivity index (χ4v) is 4.77. The maximum Gasteiger partial charge on any atom is 0.255 e. The van der Waals surface area contributed by atoms with Crippen molar-refractivity contribution in [1.29, 1.82) is 0 Å². The van der Waals surface area contributed by atoms with Gasteiger partial charge in [0, 0.05) is 18.8 Å². The van der Waals surface area contributed by atoms with Crippen molar-refractivity contribution < 1.29 is 13.9 Å². The quantitative estimate of drug-likeness (QED) is 0.443. The molecule has 0 saturated heterocycles. The fourth-order valence-electron chi connectivity index (χ4n) is 3.38. The maximum atomic E-state index is 13.8. The van der Waals surface area contributed by atoms with E-state index in [-0.39, 0.29) is 12.5 Å². The number of methoxy groups -OCH3 is 1. The van der Waals surface area contributed by atoms with Crippen LogP contribution < -0.4 is 15.8 Å². The summed E-state index contributed by atoms with van der Waals surface area (Å²) in [7, 11) is 3.47. The van der Waals surface area contributed by atoms with Crippen LogP contribution in [0.25, 0.3) is 22.0 Å². The number of hydrogen-bond acceptors (Lipinski definition) is 4. The first kappa shape index (κ1) is 20.4. The van der Waals surface area contributed by atoms with E-state index in [0.29, 0.717) is 30.0 Å². The number of carbonyl (C=O) groups is 1. The van der Waals surface area contributed by atoms with Crippen LogP contribution in [0.3, 0.4) is 0 Å². The van der Waals surface area contributed by atoms with E-state index in [1.165, 1.54) is 7.11 Å². The molecule has 3 N–H and O–H groups in total. The summed E-state index contributed by atoms with van der Waals surface area (Å²) < 4.78 is 23.2. The number of anilines is 1. The first-order chi connectivity index (χ1) is 13.8. The van der Waals surface area contributed by atoms with E-state index < -0.39 is 5.67 Å². The highest BCUT2D eigenvalue weighted by molar-refractivity contribution is 14.1. The van der Waals surface area contributed by atoms with Gasteiger partial charge in [-0.3, -0.25) is 4.79 Å². The summed E-state index contributed by atoms with van der Waals surface area (Å²) in [6, 6.07) is 5.34. The lowest BCUT2D eigenvalue weighted by Gasteiger charge is -2.13. The average molecular weight is 573 g/mol. The van der Waals surface area contributed by atoms with Gasteiger partial charge in [-0.05, 0) is 69.1 Å². The van der Waals surface area contributed by atoms with Gasteiger partial charge >= 0.3 is 0 Å². The molecule has 1 aliphatic rings. The van der Waals surface area contributed by atoms with Gasteiger partial charge in [0.05, 0.1) is 38.3 Å². The number of aromatic nitrogens is 2. The number of alkyl halides is 1. The van der Waals surface area contributed by atoms with Gasteiger partial charge in [-0.25, -0.2) is 9.37 Å². The molecule has 1 amide bonds. The Morgan fingerprint density at radius 2 is 2.21 bits per heavy atom. The molecule has 1 fully saturated rings. The fraction of sp³-hybridized carbons (Fsp3) is 0.300. The minimum absolute atomic E-state index is 0.0220. The third-order valence-corrected chi connectivity index (χ3v) is 7.06. The van der Waals surface area contributed by atoms with Gasteiger partial charge in [0.2, 0.25) is 0 Å². The molecule has 0 bridgehead atoms. The number of amides is 1. The molecule has 152 valence electrons. The van der Waals surface area contributed by atoms with Gasteiger partial charge < -0.3 is 20.4 Å². The second kappa shape index (κ2) is 7.42. The second-order valence-corrected chi connectivity index (χ2v) is 9.06. The highest BCUT2D eigenvalue weighted by atomic mass is 127. The second-order valence-electron chi connectivity index (χ2n) is 7.19. The van der Waals surface area contributed by atoms with Gasteiger partial charge in [-0.2, -0.15) is 0 Å². The summed E-state index contributed by atoms with van der Waals surface area (Å²) in [5.74, 6) is 0.488. The Morgan fingerprint density at radius 1 is 1.48 bits per heavy atom. The molecule has 1 aromatic carbocycles. The molecule has 1 saturated carbocycles. The zero-order valence-corrected chi connectivity index (χ0v) is 19.6. The summed E-state index contributed by atoms with van der Waals surface area (Å²) >= 11 is 5.82. The lowest BCUT2D eigenvalue weighted by Crippen LogP contribution is -2.31. The molecule has 29 heavy (non-hydrogen) atoms. The van der Waals surface area contributed by atoms with Gasteiger partial charge in [0.15, 0.2) is 0 Å². The van der Waals surface area contributed by atoms with Gasteiger partial charge in [0.1, 0.15) is 17.2 Å². The molecule has 9 heteroatoms. The number of nitrogens with one attached hydrogen (secondary N) is 1. The van der Waals surface area contributed by atoms with Crippen molar-refractivity contribution in [2.45, 2.75) is 18.5 Å². The predicted molar refractivity (Wildman–Crippen MR) is 123 cm³/mol. The summed E-state index contributed by atoms with van der Waals surface area (Å²) in [6.45, 7) is 0.0220. The molecule has 3 aromatic rings. The number of rotatable bonds is 5. The number of nitrogen functional groups attached to an aromatic ring is 1. The summed E-state index contributed by atoms with van der Waals surface area (Å²) in [4.78, 5) is 16.8. The molecule has 0 atom stereocenters. The molecule has 1 aliphatic carbocycles. The van der Waals surface area contributed by atoms with Crippen LogP contribution in [0.1, 0.15) is 23.2 Å². The Morgan fingerprint density at radius 3 is 2.86 bits per heavy atom. The Labute approximate surface area is 189 Å². The minimum Gasteiger partial charge on any atom is -0.496 e. The van der Waals surface area contributed by atoms with Crippen molar-refractivity contribution in [3.05, 3.63) is 38.1 Å². The standard InChI is InChI=1S/C20H19BrFIN4O2/c1-27-16-12(21)8-25-18(24)15(16)14(17(27)23)10-3-4-11(13(7-10)29-2)19(28)26-9-20(22)5-6-20/h3-4,7-8H,5-6,9H2,1-2H3,(H2,24,25)(H,26,28). The topological polar surface area (TPSA) is 82.2 Å². The van der Waals surface area contributed by atoms with E-state index in [0.717, 1.165) is 30.2 Å². The number of pyridine rings is 1. The molecule has 2 heterocycles. The highest BCUT2D eigenvalue weighted by Crippen LogP contribution is 2.42. The molecule has 0 radical (unpaired) electrons. The number of hydrogen-bond donors (Lipinski definition) is 2. The van der Waals surface area contributed by atoms with Crippen molar-refractivity contribution in [2.75, 3.05) is 19.4 Å². The normalized spacial score (nSPS) is 14.8. The maximum absolute atomic E-state index is 13.8. The smallest absolute Gasteiger partial charge is 0.255 e. The highest BCUT2D eigenvalue weighted by Gasteiger charge is 2.43. The van der Waals surface area contributed by atoms with E-state index in [2.05, 4.69) is 48.8 Å². The molecule has 0 aliphatic heterocycles. The van der Waals surface area contributed by atoms with Crippen molar-refractivity contribution in [3.63, 3.8) is 0 Å². The predicted octanol–water partition coefficient (Wildman–Crippen LogP) is 4.43. The Balaban J connectivity index is 1.78. The minimum atomic E-state index is -1.25. The van der Waals surface area contributed by atoms with Gasteiger partial charge in [-0.15, -0.1) is 0 Å². The zero-order valence-electron chi connectivity index (χ0n) is 15.9. The van der Waals surface area contributed by atoms with E-state index in [9.17, 15) is 9.18 Å². The largest absolute Gasteiger partial charge is 0.496 e. The van der Waals surface area contributed by atoms with Crippen LogP contribution in [0.2, 0.25) is 0 Å². The van der Waals surface area contributed by atoms with Crippen molar-refractivity contribution in [2.24, 2.45) is 7.05 Å². The number of benzene rings is 1. The lowest BCUT2D eigenvalue weighted by atomic mass is 10.0. The number of halogens is 3. The summed E-state index contributed by atoms with van der Waals surface area (Å²) in [5, 5.41) is 3.49. The molecule has 2 aromatic heterocycles. The molecule has 4 rings (SSSR count). The summed E-state index contributed by atoms with van der Waals surface area (Å²) in [6.07, 6.45) is 2.67. The molecular formula is C20H19BrFIN4O2. The third-order valence-electron chi connectivity index (χ3n) is 5.22. The van der Waals surface area contributed by atoms with Crippen molar-refractivity contribution in [1.82, 2.24) is 14.9 Å². The first-order valence-corrected chi connectivity index (χ1v) is 10.9. The third kappa shape index (κ3) is 3.58. The number of carbonyl (C=O) groups excluding carboxylic acids is 1. The number of nitrogens with two attached hydrogens (primary N) is 1. The van der Waals surface area contributed by atoms with E-state index >= 15 is 0 Å². The number of ether oxygens (including phenoxy) is 1. The first-order valence-electron chi connectivity index (χ1n) is 8.99. The van der Waals surface area contributed by atoms with Gasteiger partial charge in [-0.1, -0.05) is 6.07 Å². The monoisotopic (exact) mass is 572 g/mol. The van der Waals surface area contributed by atoms with E-state index in [4.69, 9.17) is 10.5 Å². The molecule has 0 spiro atoms. The number of fused-ring (bicyclic) bond motifs is 1. The van der Waals surface area contributed by atoms with Crippen LogP contribution in [-0.2, 0) is 7.05 Å².